The van der Waals surface area contributed by atoms with Crippen LogP contribution in [0.2, 0.25) is 0 Å². The SMILES string of the molecule is O=C1NC(=Nc2ccccc2)S/C1=C\C=C\c1ccco1. The minimum Gasteiger partial charge on any atom is -0.465 e. The summed E-state index contributed by atoms with van der Waals surface area (Å²) in [7, 11) is 0. The number of aliphatic imine (C=N–C) groups is 1. The molecule has 104 valence electrons. The van der Waals surface area contributed by atoms with E-state index in [1.54, 1.807) is 24.5 Å². The topological polar surface area (TPSA) is 54.6 Å². The number of amides is 1. The van der Waals surface area contributed by atoms with E-state index in [1.807, 2.05) is 42.5 Å². The normalized spacial score (nSPS) is 18.8. The van der Waals surface area contributed by atoms with Gasteiger partial charge in [-0.25, -0.2) is 4.99 Å². The molecule has 0 radical (unpaired) electrons. The second-order valence-electron chi connectivity index (χ2n) is 4.21. The van der Waals surface area contributed by atoms with E-state index in [9.17, 15) is 4.79 Å². The van der Waals surface area contributed by atoms with E-state index in [0.717, 1.165) is 11.4 Å². The van der Waals surface area contributed by atoms with Gasteiger partial charge < -0.3 is 9.73 Å². The minimum absolute atomic E-state index is 0.140. The molecular weight excluding hydrogens is 284 g/mol. The van der Waals surface area contributed by atoms with Crippen LogP contribution >= 0.6 is 11.8 Å². The highest BCUT2D eigenvalue weighted by molar-refractivity contribution is 8.18. The number of para-hydroxylation sites is 1. The third-order valence-corrected chi connectivity index (χ3v) is 3.62. The molecule has 2 aromatic rings. The van der Waals surface area contributed by atoms with Crippen LogP contribution in [0.4, 0.5) is 5.69 Å². The van der Waals surface area contributed by atoms with Crippen molar-refractivity contribution < 1.29 is 9.21 Å². The highest BCUT2D eigenvalue weighted by atomic mass is 32.2. The quantitative estimate of drug-likeness (QED) is 0.878. The molecule has 4 nitrogen and oxygen atoms in total. The van der Waals surface area contributed by atoms with E-state index in [1.165, 1.54) is 11.8 Å². The van der Waals surface area contributed by atoms with Gasteiger partial charge in [-0.3, -0.25) is 4.79 Å². The predicted octanol–water partition coefficient (Wildman–Crippen LogP) is 3.73. The molecule has 0 unspecified atom stereocenters. The number of amidine groups is 1. The van der Waals surface area contributed by atoms with Crippen molar-refractivity contribution >= 4 is 34.6 Å². The Hall–Kier alpha value is -2.53. The molecule has 3 rings (SSSR count). The zero-order valence-electron chi connectivity index (χ0n) is 11.0. The lowest BCUT2D eigenvalue weighted by molar-refractivity contribution is -0.115. The molecular formula is C16H12N2O2S. The summed E-state index contributed by atoms with van der Waals surface area (Å²) in [5, 5.41) is 3.33. The lowest BCUT2D eigenvalue weighted by atomic mass is 10.3. The first-order valence-electron chi connectivity index (χ1n) is 6.36. The molecule has 1 N–H and O–H groups in total. The average molecular weight is 296 g/mol. The van der Waals surface area contributed by atoms with Crippen molar-refractivity contribution in [1.82, 2.24) is 5.32 Å². The number of nitrogens with zero attached hydrogens (tertiary/aromatic N) is 1. The summed E-state index contributed by atoms with van der Waals surface area (Å²) in [5.74, 6) is 0.604. The minimum atomic E-state index is -0.140. The van der Waals surface area contributed by atoms with Gasteiger partial charge in [0, 0.05) is 0 Å². The highest BCUT2D eigenvalue weighted by Gasteiger charge is 2.22. The zero-order chi connectivity index (χ0) is 14.5. The van der Waals surface area contributed by atoms with Crippen LogP contribution in [0.3, 0.4) is 0 Å². The number of allylic oxidation sites excluding steroid dienone is 2. The molecule has 1 aliphatic heterocycles. The van der Waals surface area contributed by atoms with Crippen molar-refractivity contribution in [1.29, 1.82) is 0 Å². The van der Waals surface area contributed by atoms with Gasteiger partial charge in [-0.05, 0) is 48.2 Å². The molecule has 21 heavy (non-hydrogen) atoms. The van der Waals surface area contributed by atoms with Crippen molar-refractivity contribution in [2.45, 2.75) is 0 Å². The molecule has 0 atom stereocenters. The van der Waals surface area contributed by atoms with Gasteiger partial charge in [0.15, 0.2) is 5.17 Å². The number of furan rings is 1. The van der Waals surface area contributed by atoms with E-state index < -0.39 is 0 Å². The Morgan fingerprint density at radius 2 is 2.00 bits per heavy atom. The number of carbonyl (C=O) groups is 1. The van der Waals surface area contributed by atoms with Crippen molar-refractivity contribution in [2.24, 2.45) is 4.99 Å². The summed E-state index contributed by atoms with van der Waals surface area (Å²) in [4.78, 5) is 16.8. The predicted molar refractivity (Wildman–Crippen MR) is 85.1 cm³/mol. The molecule has 0 aliphatic carbocycles. The molecule has 0 spiro atoms. The van der Waals surface area contributed by atoms with Gasteiger partial charge in [0.05, 0.1) is 16.9 Å². The van der Waals surface area contributed by atoms with Gasteiger partial charge in [0.2, 0.25) is 0 Å². The van der Waals surface area contributed by atoms with Gasteiger partial charge >= 0.3 is 0 Å². The Kier molecular flexibility index (Phi) is 4.02. The van der Waals surface area contributed by atoms with Crippen molar-refractivity contribution in [3.05, 3.63) is 71.5 Å². The van der Waals surface area contributed by atoms with Crippen LogP contribution in [-0.4, -0.2) is 11.1 Å². The molecule has 0 bridgehead atoms. The number of thioether (sulfide) groups is 1. The number of rotatable bonds is 3. The Morgan fingerprint density at radius 1 is 1.14 bits per heavy atom. The molecule has 1 amide bonds. The van der Waals surface area contributed by atoms with Crippen molar-refractivity contribution in [3.63, 3.8) is 0 Å². The van der Waals surface area contributed by atoms with Crippen LogP contribution in [0.25, 0.3) is 6.08 Å². The summed E-state index contributed by atoms with van der Waals surface area (Å²) >= 11 is 1.32. The summed E-state index contributed by atoms with van der Waals surface area (Å²) in [6.07, 6.45) is 6.93. The van der Waals surface area contributed by atoms with E-state index in [-0.39, 0.29) is 5.91 Å². The van der Waals surface area contributed by atoms with Gasteiger partial charge in [-0.15, -0.1) is 0 Å². The lowest BCUT2D eigenvalue weighted by Gasteiger charge is -1.94. The molecule has 2 heterocycles. The molecule has 5 heteroatoms. The van der Waals surface area contributed by atoms with E-state index in [0.29, 0.717) is 10.1 Å². The Bertz CT molecular complexity index is 716. The Labute approximate surface area is 126 Å². The van der Waals surface area contributed by atoms with Crippen LogP contribution in [0.15, 0.2) is 75.2 Å². The Morgan fingerprint density at radius 3 is 2.76 bits per heavy atom. The smallest absolute Gasteiger partial charge is 0.264 e. The second-order valence-corrected chi connectivity index (χ2v) is 5.24. The van der Waals surface area contributed by atoms with Crippen LogP contribution in [0, 0.1) is 0 Å². The lowest BCUT2D eigenvalue weighted by Crippen LogP contribution is -2.19. The zero-order valence-corrected chi connectivity index (χ0v) is 11.8. The van der Waals surface area contributed by atoms with Crippen molar-refractivity contribution in [3.8, 4) is 0 Å². The van der Waals surface area contributed by atoms with Crippen LogP contribution in [0.1, 0.15) is 5.76 Å². The third-order valence-electron chi connectivity index (χ3n) is 2.69. The summed E-state index contributed by atoms with van der Waals surface area (Å²) in [5.41, 5.74) is 0.813. The number of hydrogen-bond donors (Lipinski definition) is 1. The van der Waals surface area contributed by atoms with Crippen LogP contribution < -0.4 is 5.32 Å². The number of carbonyl (C=O) groups excluding carboxylic acids is 1. The number of benzene rings is 1. The number of nitrogens with one attached hydrogen (secondary N) is 1. The van der Waals surface area contributed by atoms with E-state index in [4.69, 9.17) is 4.42 Å². The molecule has 1 aliphatic rings. The maximum Gasteiger partial charge on any atom is 0.264 e. The largest absolute Gasteiger partial charge is 0.465 e. The first-order chi connectivity index (χ1) is 10.3. The first-order valence-corrected chi connectivity index (χ1v) is 7.18. The van der Waals surface area contributed by atoms with E-state index >= 15 is 0 Å². The summed E-state index contributed by atoms with van der Waals surface area (Å²) in [6, 6.07) is 13.2. The second kappa shape index (κ2) is 6.28. The molecule has 1 saturated heterocycles. The summed E-state index contributed by atoms with van der Waals surface area (Å²) < 4.78 is 5.18. The number of hydrogen-bond acceptors (Lipinski definition) is 4. The fourth-order valence-corrected chi connectivity index (χ4v) is 2.52. The molecule has 1 aromatic heterocycles. The van der Waals surface area contributed by atoms with Crippen molar-refractivity contribution in [2.75, 3.05) is 0 Å². The summed E-state index contributed by atoms with van der Waals surface area (Å²) in [6.45, 7) is 0. The molecule has 1 aromatic carbocycles. The highest BCUT2D eigenvalue weighted by Crippen LogP contribution is 2.26. The van der Waals surface area contributed by atoms with Crippen LogP contribution in [0.5, 0.6) is 0 Å². The van der Waals surface area contributed by atoms with Gasteiger partial charge in [-0.2, -0.15) is 0 Å². The van der Waals surface area contributed by atoms with Gasteiger partial charge in [-0.1, -0.05) is 24.3 Å². The van der Waals surface area contributed by atoms with Crippen LogP contribution in [-0.2, 0) is 4.79 Å². The van der Waals surface area contributed by atoms with Gasteiger partial charge in [0.1, 0.15) is 5.76 Å². The molecule has 1 fully saturated rings. The molecule has 0 saturated carbocycles. The first kappa shape index (κ1) is 13.5. The Balaban J connectivity index is 1.71. The van der Waals surface area contributed by atoms with Gasteiger partial charge in [0.25, 0.3) is 5.91 Å². The third kappa shape index (κ3) is 3.52. The maximum absolute atomic E-state index is 11.8. The fourth-order valence-electron chi connectivity index (χ4n) is 1.73. The maximum atomic E-state index is 11.8. The average Bonchev–Trinajstić information content (AvgIpc) is 3.11. The standard InChI is InChI=1S/C16H12N2O2S/c19-15-14(10-4-8-13-9-5-11-20-13)21-16(18-15)17-12-6-2-1-3-7-12/h1-11H,(H,17,18,19)/b8-4+,14-10-. The van der Waals surface area contributed by atoms with E-state index in [2.05, 4.69) is 10.3 Å². The fraction of sp³-hybridized carbons (Fsp3) is 0. The monoisotopic (exact) mass is 296 g/mol.